The van der Waals surface area contributed by atoms with Crippen molar-refractivity contribution in [3.8, 4) is 0 Å². The Bertz CT molecular complexity index is 339. The molecule has 2 rings (SSSR count). The van der Waals surface area contributed by atoms with Gasteiger partial charge in [-0.2, -0.15) is 0 Å². The van der Waals surface area contributed by atoms with Crippen molar-refractivity contribution in [2.24, 2.45) is 5.41 Å². The van der Waals surface area contributed by atoms with Crippen LogP contribution in [0.25, 0.3) is 0 Å². The van der Waals surface area contributed by atoms with E-state index in [-0.39, 0.29) is 5.41 Å². The quantitative estimate of drug-likeness (QED) is 0.761. The lowest BCUT2D eigenvalue weighted by molar-refractivity contribution is -0.117. The van der Waals surface area contributed by atoms with Gasteiger partial charge >= 0.3 is 0 Å². The predicted octanol–water partition coefficient (Wildman–Crippen LogP) is 4.20. The highest BCUT2D eigenvalue weighted by Crippen LogP contribution is 2.38. The second kappa shape index (κ2) is 4.79. The lowest BCUT2D eigenvalue weighted by Crippen LogP contribution is -2.27. The minimum atomic E-state index is -0.0530. The standard InChI is InChI=1S/C12H15BrOS/c13-10-6-11(15-8-10)7-12(9-14)4-2-1-3-5-12/h6,8-9H,1-5,7H2. The van der Waals surface area contributed by atoms with Crippen LogP contribution in [0.15, 0.2) is 15.9 Å². The molecule has 0 N–H and O–H groups in total. The molecule has 0 spiro atoms. The molecule has 0 aromatic carbocycles. The number of carbonyl (C=O) groups is 1. The Morgan fingerprint density at radius 2 is 2.13 bits per heavy atom. The molecule has 0 aliphatic heterocycles. The van der Waals surface area contributed by atoms with Gasteiger partial charge in [0.15, 0.2) is 0 Å². The first kappa shape index (κ1) is 11.3. The van der Waals surface area contributed by atoms with E-state index in [0.29, 0.717) is 0 Å². The van der Waals surface area contributed by atoms with Gasteiger partial charge in [-0.15, -0.1) is 11.3 Å². The van der Waals surface area contributed by atoms with Gasteiger partial charge < -0.3 is 4.79 Å². The summed E-state index contributed by atoms with van der Waals surface area (Å²) in [6.45, 7) is 0. The first-order chi connectivity index (χ1) is 7.24. The molecule has 0 saturated heterocycles. The highest BCUT2D eigenvalue weighted by molar-refractivity contribution is 9.10. The third-order valence-electron chi connectivity index (χ3n) is 3.25. The Morgan fingerprint density at radius 1 is 1.40 bits per heavy atom. The molecule has 1 aliphatic carbocycles. The molecule has 1 aliphatic rings. The minimum absolute atomic E-state index is 0.0530. The molecule has 82 valence electrons. The fourth-order valence-electron chi connectivity index (χ4n) is 2.39. The summed E-state index contributed by atoms with van der Waals surface area (Å²) in [4.78, 5) is 12.6. The van der Waals surface area contributed by atoms with Crippen molar-refractivity contribution in [3.63, 3.8) is 0 Å². The zero-order valence-electron chi connectivity index (χ0n) is 8.67. The van der Waals surface area contributed by atoms with Crippen molar-refractivity contribution in [2.75, 3.05) is 0 Å². The Hall–Kier alpha value is -0.150. The second-order valence-electron chi connectivity index (χ2n) is 4.45. The molecule has 1 nitrogen and oxygen atoms in total. The summed E-state index contributed by atoms with van der Waals surface area (Å²) in [5, 5.41) is 2.09. The number of aldehydes is 1. The number of rotatable bonds is 3. The minimum Gasteiger partial charge on any atom is -0.303 e. The van der Waals surface area contributed by atoms with E-state index in [4.69, 9.17) is 0 Å². The normalized spacial score (nSPS) is 20.1. The molecule has 1 aromatic heterocycles. The van der Waals surface area contributed by atoms with Gasteiger partial charge in [-0.25, -0.2) is 0 Å². The molecular weight excluding hydrogens is 272 g/mol. The summed E-state index contributed by atoms with van der Waals surface area (Å²) >= 11 is 5.21. The van der Waals surface area contributed by atoms with E-state index < -0.39 is 0 Å². The van der Waals surface area contributed by atoms with Gasteiger partial charge in [-0.1, -0.05) is 19.3 Å². The average Bonchev–Trinajstić information content (AvgIpc) is 2.65. The topological polar surface area (TPSA) is 17.1 Å². The van der Waals surface area contributed by atoms with Gasteiger partial charge in [0.25, 0.3) is 0 Å². The zero-order chi connectivity index (χ0) is 10.7. The number of hydrogen-bond donors (Lipinski definition) is 0. The Labute approximate surface area is 103 Å². The van der Waals surface area contributed by atoms with Crippen molar-refractivity contribution in [1.82, 2.24) is 0 Å². The molecule has 15 heavy (non-hydrogen) atoms. The maximum Gasteiger partial charge on any atom is 0.126 e. The molecule has 0 bridgehead atoms. The Kier molecular flexibility index (Phi) is 3.62. The highest BCUT2D eigenvalue weighted by Gasteiger charge is 2.32. The van der Waals surface area contributed by atoms with E-state index in [1.54, 1.807) is 11.3 Å². The molecule has 0 atom stereocenters. The van der Waals surface area contributed by atoms with Gasteiger partial charge in [0, 0.05) is 20.1 Å². The largest absolute Gasteiger partial charge is 0.303 e. The van der Waals surface area contributed by atoms with Crippen LogP contribution in [0.1, 0.15) is 37.0 Å². The van der Waals surface area contributed by atoms with Gasteiger partial charge in [0.05, 0.1) is 0 Å². The van der Waals surface area contributed by atoms with Crippen LogP contribution in [0.4, 0.5) is 0 Å². The summed E-state index contributed by atoms with van der Waals surface area (Å²) in [6, 6.07) is 2.14. The lowest BCUT2D eigenvalue weighted by atomic mass is 9.73. The predicted molar refractivity (Wildman–Crippen MR) is 67.3 cm³/mol. The van der Waals surface area contributed by atoms with Crippen LogP contribution >= 0.6 is 27.3 Å². The van der Waals surface area contributed by atoms with Crippen molar-refractivity contribution < 1.29 is 4.79 Å². The third kappa shape index (κ3) is 2.70. The molecule has 1 aromatic rings. The van der Waals surface area contributed by atoms with Crippen molar-refractivity contribution in [2.45, 2.75) is 38.5 Å². The Morgan fingerprint density at radius 3 is 2.67 bits per heavy atom. The second-order valence-corrected chi connectivity index (χ2v) is 6.36. The Balaban J connectivity index is 2.10. The first-order valence-corrected chi connectivity index (χ1v) is 7.11. The van der Waals surface area contributed by atoms with Gasteiger partial charge in [-0.05, 0) is 41.3 Å². The summed E-state index contributed by atoms with van der Waals surface area (Å²) in [5.41, 5.74) is -0.0530. The van der Waals surface area contributed by atoms with E-state index in [9.17, 15) is 4.79 Å². The summed E-state index contributed by atoms with van der Waals surface area (Å²) in [7, 11) is 0. The molecule has 3 heteroatoms. The smallest absolute Gasteiger partial charge is 0.126 e. The van der Waals surface area contributed by atoms with E-state index >= 15 is 0 Å². The summed E-state index contributed by atoms with van der Waals surface area (Å²) in [5.74, 6) is 0. The number of hydrogen-bond acceptors (Lipinski definition) is 2. The van der Waals surface area contributed by atoms with E-state index in [0.717, 1.165) is 23.7 Å². The van der Waals surface area contributed by atoms with Gasteiger partial charge in [-0.3, -0.25) is 0 Å². The van der Waals surface area contributed by atoms with Crippen molar-refractivity contribution >= 4 is 33.6 Å². The lowest BCUT2D eigenvalue weighted by Gasteiger charge is -2.31. The molecule has 0 unspecified atom stereocenters. The molecule has 0 amide bonds. The number of thiophene rings is 1. The number of carbonyl (C=O) groups excluding carboxylic acids is 1. The average molecular weight is 287 g/mol. The van der Waals surface area contributed by atoms with Gasteiger partial charge in [0.1, 0.15) is 6.29 Å². The van der Waals surface area contributed by atoms with Crippen LogP contribution in [0, 0.1) is 5.41 Å². The zero-order valence-corrected chi connectivity index (χ0v) is 11.1. The van der Waals surface area contributed by atoms with Crippen LogP contribution in [0.2, 0.25) is 0 Å². The van der Waals surface area contributed by atoms with Crippen LogP contribution < -0.4 is 0 Å². The van der Waals surface area contributed by atoms with Crippen LogP contribution in [-0.4, -0.2) is 6.29 Å². The monoisotopic (exact) mass is 286 g/mol. The molecule has 0 radical (unpaired) electrons. The van der Waals surface area contributed by atoms with Crippen LogP contribution in [0.3, 0.4) is 0 Å². The first-order valence-electron chi connectivity index (χ1n) is 5.43. The van der Waals surface area contributed by atoms with E-state index in [1.807, 2.05) is 0 Å². The summed E-state index contributed by atoms with van der Waals surface area (Å²) in [6.07, 6.45) is 8.02. The highest BCUT2D eigenvalue weighted by atomic mass is 79.9. The van der Waals surface area contributed by atoms with E-state index in [1.165, 1.54) is 30.4 Å². The maximum absolute atomic E-state index is 11.3. The van der Waals surface area contributed by atoms with E-state index in [2.05, 4.69) is 27.4 Å². The van der Waals surface area contributed by atoms with Gasteiger partial charge in [0.2, 0.25) is 0 Å². The fraction of sp³-hybridized carbons (Fsp3) is 0.583. The number of halogens is 1. The van der Waals surface area contributed by atoms with Crippen LogP contribution in [-0.2, 0) is 11.2 Å². The molecular formula is C12H15BrOS. The summed E-state index contributed by atoms with van der Waals surface area (Å²) < 4.78 is 1.14. The van der Waals surface area contributed by atoms with Crippen molar-refractivity contribution in [3.05, 3.63) is 20.8 Å². The van der Waals surface area contributed by atoms with Crippen molar-refractivity contribution in [1.29, 1.82) is 0 Å². The maximum atomic E-state index is 11.3. The molecule has 1 saturated carbocycles. The fourth-order valence-corrected chi connectivity index (χ4v) is 3.99. The third-order valence-corrected chi connectivity index (χ3v) is 4.95. The molecule has 1 fully saturated rings. The van der Waals surface area contributed by atoms with Crippen LogP contribution in [0.5, 0.6) is 0 Å². The SMILES string of the molecule is O=CC1(Cc2cc(Br)cs2)CCCCC1. The molecule has 1 heterocycles.